The van der Waals surface area contributed by atoms with Crippen LogP contribution in [-0.2, 0) is 0 Å². The van der Waals surface area contributed by atoms with E-state index in [0.717, 1.165) is 37.0 Å². The van der Waals surface area contributed by atoms with Gasteiger partial charge in [0.15, 0.2) is 5.65 Å². The SMILES string of the molecule is Fc1ccc(Nc2ncnc3c2cnn3C2CCNCC2)cc1Cl. The first-order valence-corrected chi connectivity index (χ1v) is 8.21. The van der Waals surface area contributed by atoms with Gasteiger partial charge in [-0.05, 0) is 44.1 Å². The number of rotatable bonds is 3. The number of nitrogens with one attached hydrogen (secondary N) is 2. The van der Waals surface area contributed by atoms with Gasteiger partial charge < -0.3 is 10.6 Å². The Labute approximate surface area is 143 Å². The molecule has 8 heteroatoms. The molecule has 2 N–H and O–H groups in total. The van der Waals surface area contributed by atoms with Gasteiger partial charge in [0.2, 0.25) is 0 Å². The Kier molecular flexibility index (Phi) is 4.03. The number of fused-ring (bicyclic) bond motifs is 1. The van der Waals surface area contributed by atoms with Crippen LogP contribution in [0.15, 0.2) is 30.7 Å². The van der Waals surface area contributed by atoms with E-state index in [1.165, 1.54) is 18.5 Å². The molecular formula is C16H16ClFN6. The van der Waals surface area contributed by atoms with Crippen LogP contribution in [0.3, 0.4) is 0 Å². The summed E-state index contributed by atoms with van der Waals surface area (Å²) in [4.78, 5) is 8.68. The van der Waals surface area contributed by atoms with Crippen molar-refractivity contribution in [1.82, 2.24) is 25.1 Å². The van der Waals surface area contributed by atoms with Crippen molar-refractivity contribution in [3.63, 3.8) is 0 Å². The van der Waals surface area contributed by atoms with E-state index < -0.39 is 5.82 Å². The lowest BCUT2D eigenvalue weighted by Gasteiger charge is -2.23. The van der Waals surface area contributed by atoms with Crippen LogP contribution in [0.2, 0.25) is 5.02 Å². The molecule has 1 saturated heterocycles. The van der Waals surface area contributed by atoms with Crippen molar-refractivity contribution >= 4 is 34.1 Å². The Morgan fingerprint density at radius 2 is 2.08 bits per heavy atom. The summed E-state index contributed by atoms with van der Waals surface area (Å²) < 4.78 is 15.3. The van der Waals surface area contributed by atoms with Gasteiger partial charge in [0.25, 0.3) is 0 Å². The first-order valence-electron chi connectivity index (χ1n) is 7.83. The molecule has 3 heterocycles. The Balaban J connectivity index is 1.68. The maximum atomic E-state index is 13.3. The second-order valence-corrected chi connectivity index (χ2v) is 6.19. The van der Waals surface area contributed by atoms with Crippen LogP contribution in [0.5, 0.6) is 0 Å². The second-order valence-electron chi connectivity index (χ2n) is 5.78. The highest BCUT2D eigenvalue weighted by Crippen LogP contribution is 2.28. The van der Waals surface area contributed by atoms with Gasteiger partial charge >= 0.3 is 0 Å². The normalized spacial score (nSPS) is 15.8. The minimum absolute atomic E-state index is 0.0655. The molecule has 0 spiro atoms. The van der Waals surface area contributed by atoms with E-state index in [0.29, 0.717) is 17.5 Å². The summed E-state index contributed by atoms with van der Waals surface area (Å²) in [5.74, 6) is 0.177. The number of anilines is 2. The van der Waals surface area contributed by atoms with Crippen LogP contribution in [0.25, 0.3) is 11.0 Å². The summed E-state index contributed by atoms with van der Waals surface area (Å²) >= 11 is 5.83. The molecule has 124 valence electrons. The van der Waals surface area contributed by atoms with E-state index in [-0.39, 0.29) is 5.02 Å². The zero-order chi connectivity index (χ0) is 16.5. The van der Waals surface area contributed by atoms with Crippen molar-refractivity contribution in [3.8, 4) is 0 Å². The van der Waals surface area contributed by atoms with E-state index in [2.05, 4.69) is 25.7 Å². The average molecular weight is 347 g/mol. The summed E-state index contributed by atoms with van der Waals surface area (Å²) in [5, 5.41) is 11.9. The van der Waals surface area contributed by atoms with Crippen molar-refractivity contribution in [2.24, 2.45) is 0 Å². The second kappa shape index (κ2) is 6.33. The van der Waals surface area contributed by atoms with Gasteiger partial charge in [-0.1, -0.05) is 11.6 Å². The molecule has 4 rings (SSSR count). The largest absolute Gasteiger partial charge is 0.339 e. The monoisotopic (exact) mass is 346 g/mol. The Morgan fingerprint density at radius 1 is 1.25 bits per heavy atom. The van der Waals surface area contributed by atoms with Crippen molar-refractivity contribution in [3.05, 3.63) is 41.6 Å². The van der Waals surface area contributed by atoms with Gasteiger partial charge in [0.05, 0.1) is 22.6 Å². The van der Waals surface area contributed by atoms with Crippen molar-refractivity contribution in [2.75, 3.05) is 18.4 Å². The maximum absolute atomic E-state index is 13.3. The zero-order valence-electron chi connectivity index (χ0n) is 12.8. The molecule has 1 aliphatic heterocycles. The molecule has 2 aromatic heterocycles. The zero-order valence-corrected chi connectivity index (χ0v) is 13.6. The third kappa shape index (κ3) is 2.81. The third-order valence-electron chi connectivity index (χ3n) is 4.23. The molecular weight excluding hydrogens is 331 g/mol. The van der Waals surface area contributed by atoms with Crippen molar-refractivity contribution in [2.45, 2.75) is 18.9 Å². The van der Waals surface area contributed by atoms with Gasteiger partial charge in [0.1, 0.15) is 18.0 Å². The van der Waals surface area contributed by atoms with Crippen LogP contribution >= 0.6 is 11.6 Å². The molecule has 1 fully saturated rings. The molecule has 3 aromatic rings. The fourth-order valence-electron chi connectivity index (χ4n) is 2.99. The van der Waals surface area contributed by atoms with Gasteiger partial charge in [-0.3, -0.25) is 0 Å². The lowest BCUT2D eigenvalue weighted by Crippen LogP contribution is -2.29. The number of piperidine rings is 1. The first-order chi connectivity index (χ1) is 11.7. The van der Waals surface area contributed by atoms with Crippen LogP contribution in [-0.4, -0.2) is 32.8 Å². The highest BCUT2D eigenvalue weighted by atomic mass is 35.5. The number of hydrogen-bond donors (Lipinski definition) is 2. The fourth-order valence-corrected chi connectivity index (χ4v) is 3.17. The summed E-state index contributed by atoms with van der Waals surface area (Å²) in [6.45, 7) is 1.96. The first kappa shape index (κ1) is 15.3. The summed E-state index contributed by atoms with van der Waals surface area (Å²) in [6, 6.07) is 4.81. The molecule has 6 nitrogen and oxygen atoms in total. The van der Waals surface area contributed by atoms with E-state index >= 15 is 0 Å². The molecule has 0 bridgehead atoms. The Bertz CT molecular complexity index is 874. The molecule has 0 radical (unpaired) electrons. The molecule has 0 atom stereocenters. The Hall–Kier alpha value is -2.25. The number of halogens is 2. The lowest BCUT2D eigenvalue weighted by atomic mass is 10.1. The molecule has 0 amide bonds. The van der Waals surface area contributed by atoms with Crippen molar-refractivity contribution in [1.29, 1.82) is 0 Å². The van der Waals surface area contributed by atoms with E-state index in [4.69, 9.17) is 11.6 Å². The topological polar surface area (TPSA) is 67.7 Å². The number of benzene rings is 1. The summed E-state index contributed by atoms with van der Waals surface area (Å²) in [6.07, 6.45) is 5.33. The smallest absolute Gasteiger partial charge is 0.163 e. The van der Waals surface area contributed by atoms with Crippen LogP contribution in [0.1, 0.15) is 18.9 Å². The molecule has 24 heavy (non-hydrogen) atoms. The highest BCUT2D eigenvalue weighted by molar-refractivity contribution is 6.31. The number of nitrogens with zero attached hydrogens (tertiary/aromatic N) is 4. The predicted octanol–water partition coefficient (Wildman–Crippen LogP) is 3.29. The summed E-state index contributed by atoms with van der Waals surface area (Å²) in [7, 11) is 0. The van der Waals surface area contributed by atoms with Crippen LogP contribution in [0.4, 0.5) is 15.9 Å². The number of aromatic nitrogens is 4. The molecule has 0 unspecified atom stereocenters. The molecule has 1 aliphatic rings. The van der Waals surface area contributed by atoms with Gasteiger partial charge in [-0.15, -0.1) is 0 Å². The predicted molar refractivity (Wildman–Crippen MR) is 91.2 cm³/mol. The molecule has 0 aliphatic carbocycles. The van der Waals surface area contributed by atoms with Gasteiger partial charge in [-0.25, -0.2) is 19.0 Å². The quantitative estimate of drug-likeness (QED) is 0.761. The van der Waals surface area contributed by atoms with Gasteiger partial charge in [0, 0.05) is 5.69 Å². The third-order valence-corrected chi connectivity index (χ3v) is 4.52. The summed E-state index contributed by atoms with van der Waals surface area (Å²) in [5.41, 5.74) is 1.46. The standard InChI is InChI=1S/C16H16ClFN6/c17-13-7-10(1-2-14(13)18)23-15-12-8-22-24(16(12)21-9-20-15)11-3-5-19-6-4-11/h1-2,7-9,11,19H,3-6H2,(H,20,21,23). The highest BCUT2D eigenvalue weighted by Gasteiger charge is 2.19. The molecule has 1 aromatic carbocycles. The van der Waals surface area contributed by atoms with E-state index in [1.807, 2.05) is 4.68 Å². The lowest BCUT2D eigenvalue weighted by molar-refractivity contribution is 0.349. The maximum Gasteiger partial charge on any atom is 0.163 e. The van der Waals surface area contributed by atoms with Crippen LogP contribution in [0, 0.1) is 5.82 Å². The number of hydrogen-bond acceptors (Lipinski definition) is 5. The Morgan fingerprint density at radius 3 is 2.88 bits per heavy atom. The average Bonchev–Trinajstić information content (AvgIpc) is 3.04. The minimum Gasteiger partial charge on any atom is -0.339 e. The van der Waals surface area contributed by atoms with Crippen LogP contribution < -0.4 is 10.6 Å². The van der Waals surface area contributed by atoms with Gasteiger partial charge in [-0.2, -0.15) is 5.10 Å². The van der Waals surface area contributed by atoms with E-state index in [9.17, 15) is 4.39 Å². The molecule has 0 saturated carbocycles. The van der Waals surface area contributed by atoms with Crippen molar-refractivity contribution < 1.29 is 4.39 Å². The minimum atomic E-state index is -0.450. The van der Waals surface area contributed by atoms with E-state index in [1.54, 1.807) is 12.3 Å². The fraction of sp³-hybridized carbons (Fsp3) is 0.312.